The SMILES string of the molecule is Cc1cc(C)cc(-c2nccc3occc23)c1. The third-order valence-corrected chi connectivity index (χ3v) is 2.87. The van der Waals surface area contributed by atoms with Gasteiger partial charge in [-0.25, -0.2) is 0 Å². The number of hydrogen-bond donors (Lipinski definition) is 0. The Kier molecular flexibility index (Phi) is 2.22. The second-order valence-corrected chi connectivity index (χ2v) is 4.37. The van der Waals surface area contributed by atoms with E-state index in [0.717, 1.165) is 22.2 Å². The van der Waals surface area contributed by atoms with Crippen molar-refractivity contribution in [2.24, 2.45) is 0 Å². The molecule has 0 spiro atoms. The van der Waals surface area contributed by atoms with Crippen molar-refractivity contribution >= 4 is 11.0 Å². The molecule has 0 saturated carbocycles. The summed E-state index contributed by atoms with van der Waals surface area (Å²) in [5.41, 5.74) is 5.52. The van der Waals surface area contributed by atoms with E-state index in [4.69, 9.17) is 4.42 Å². The minimum Gasteiger partial charge on any atom is -0.464 e. The number of aryl methyl sites for hydroxylation is 2. The normalized spacial score (nSPS) is 10.9. The van der Waals surface area contributed by atoms with Gasteiger partial charge in [-0.3, -0.25) is 4.98 Å². The Labute approximate surface area is 99.9 Å². The summed E-state index contributed by atoms with van der Waals surface area (Å²) in [5.74, 6) is 0. The Morgan fingerprint density at radius 2 is 1.76 bits per heavy atom. The lowest BCUT2D eigenvalue weighted by atomic mass is 10.0. The summed E-state index contributed by atoms with van der Waals surface area (Å²) in [6, 6.07) is 10.3. The molecule has 0 bridgehead atoms. The molecule has 2 heterocycles. The van der Waals surface area contributed by atoms with Crippen molar-refractivity contribution in [1.29, 1.82) is 0 Å². The Hall–Kier alpha value is -2.09. The molecule has 0 aliphatic heterocycles. The molecule has 0 aliphatic rings. The molecule has 0 radical (unpaired) electrons. The molecule has 0 N–H and O–H groups in total. The van der Waals surface area contributed by atoms with Crippen LogP contribution in [0.5, 0.6) is 0 Å². The fourth-order valence-corrected chi connectivity index (χ4v) is 2.24. The summed E-state index contributed by atoms with van der Waals surface area (Å²) < 4.78 is 5.40. The Morgan fingerprint density at radius 3 is 2.53 bits per heavy atom. The lowest BCUT2D eigenvalue weighted by molar-refractivity contribution is 0.615. The van der Waals surface area contributed by atoms with E-state index in [1.165, 1.54) is 11.1 Å². The maximum absolute atomic E-state index is 5.40. The molecule has 0 atom stereocenters. The Morgan fingerprint density at radius 1 is 1.00 bits per heavy atom. The van der Waals surface area contributed by atoms with Crippen LogP contribution >= 0.6 is 0 Å². The van der Waals surface area contributed by atoms with Crippen LogP contribution < -0.4 is 0 Å². The molecule has 0 aliphatic carbocycles. The van der Waals surface area contributed by atoms with Gasteiger partial charge in [0.25, 0.3) is 0 Å². The minimum atomic E-state index is 0.883. The maximum Gasteiger partial charge on any atom is 0.137 e. The number of hydrogen-bond acceptors (Lipinski definition) is 2. The van der Waals surface area contributed by atoms with Crippen LogP contribution in [0.15, 0.2) is 47.2 Å². The van der Waals surface area contributed by atoms with Crippen molar-refractivity contribution in [1.82, 2.24) is 4.98 Å². The number of rotatable bonds is 1. The fourth-order valence-electron chi connectivity index (χ4n) is 2.24. The number of benzene rings is 1. The number of furan rings is 1. The van der Waals surface area contributed by atoms with Crippen molar-refractivity contribution in [2.45, 2.75) is 13.8 Å². The third-order valence-electron chi connectivity index (χ3n) is 2.87. The predicted molar refractivity (Wildman–Crippen MR) is 68.9 cm³/mol. The van der Waals surface area contributed by atoms with Gasteiger partial charge < -0.3 is 4.42 Å². The lowest BCUT2D eigenvalue weighted by Crippen LogP contribution is -1.86. The van der Waals surface area contributed by atoms with Gasteiger partial charge >= 0.3 is 0 Å². The molecule has 0 amide bonds. The van der Waals surface area contributed by atoms with E-state index in [1.54, 1.807) is 12.5 Å². The van der Waals surface area contributed by atoms with E-state index in [0.29, 0.717) is 0 Å². The summed E-state index contributed by atoms with van der Waals surface area (Å²) in [7, 11) is 0. The van der Waals surface area contributed by atoms with Crippen LogP contribution in [-0.4, -0.2) is 4.98 Å². The molecule has 0 unspecified atom stereocenters. The zero-order valence-electron chi connectivity index (χ0n) is 9.90. The maximum atomic E-state index is 5.40. The van der Waals surface area contributed by atoms with Gasteiger partial charge in [-0.15, -0.1) is 0 Å². The van der Waals surface area contributed by atoms with Crippen LogP contribution in [0.2, 0.25) is 0 Å². The second kappa shape index (κ2) is 3.74. The molecule has 3 aromatic rings. The summed E-state index contributed by atoms with van der Waals surface area (Å²) in [6.45, 7) is 4.21. The number of nitrogens with zero attached hydrogens (tertiary/aromatic N) is 1. The molecule has 2 aromatic heterocycles. The topological polar surface area (TPSA) is 26.0 Å². The van der Waals surface area contributed by atoms with E-state index in [-0.39, 0.29) is 0 Å². The van der Waals surface area contributed by atoms with Gasteiger partial charge in [-0.1, -0.05) is 17.2 Å². The molecule has 2 nitrogen and oxygen atoms in total. The monoisotopic (exact) mass is 223 g/mol. The smallest absolute Gasteiger partial charge is 0.137 e. The molecule has 0 fully saturated rings. The molecule has 3 rings (SSSR count). The van der Waals surface area contributed by atoms with Crippen molar-refractivity contribution in [3.63, 3.8) is 0 Å². The molecule has 2 heteroatoms. The standard InChI is InChI=1S/C15H13NO/c1-10-7-11(2)9-12(8-10)15-13-4-6-17-14(13)3-5-16-15/h3-9H,1-2H3. The highest BCUT2D eigenvalue weighted by Gasteiger charge is 2.07. The third kappa shape index (κ3) is 1.72. The average molecular weight is 223 g/mol. The molecule has 0 saturated heterocycles. The van der Waals surface area contributed by atoms with Crippen LogP contribution in [0.3, 0.4) is 0 Å². The predicted octanol–water partition coefficient (Wildman–Crippen LogP) is 4.11. The van der Waals surface area contributed by atoms with Gasteiger partial charge in [0.1, 0.15) is 5.58 Å². The van der Waals surface area contributed by atoms with Crippen molar-refractivity contribution in [3.05, 3.63) is 53.9 Å². The van der Waals surface area contributed by atoms with Crippen LogP contribution in [0.4, 0.5) is 0 Å². The molecular formula is C15H13NO. The lowest BCUT2D eigenvalue weighted by Gasteiger charge is -2.05. The first-order valence-electron chi connectivity index (χ1n) is 5.65. The zero-order chi connectivity index (χ0) is 11.8. The van der Waals surface area contributed by atoms with Gasteiger partial charge in [0.15, 0.2) is 0 Å². The van der Waals surface area contributed by atoms with Gasteiger partial charge in [0.2, 0.25) is 0 Å². The van der Waals surface area contributed by atoms with Gasteiger partial charge in [0, 0.05) is 17.1 Å². The Balaban J connectivity index is 2.30. The van der Waals surface area contributed by atoms with E-state index in [1.807, 2.05) is 12.1 Å². The minimum absolute atomic E-state index is 0.883. The van der Waals surface area contributed by atoms with E-state index in [9.17, 15) is 0 Å². The summed E-state index contributed by atoms with van der Waals surface area (Å²) in [5, 5.41) is 1.07. The van der Waals surface area contributed by atoms with E-state index < -0.39 is 0 Å². The summed E-state index contributed by atoms with van der Waals surface area (Å²) in [6.07, 6.45) is 3.50. The largest absolute Gasteiger partial charge is 0.464 e. The fraction of sp³-hybridized carbons (Fsp3) is 0.133. The van der Waals surface area contributed by atoms with Crippen molar-refractivity contribution < 1.29 is 4.42 Å². The van der Waals surface area contributed by atoms with Crippen LogP contribution in [0.1, 0.15) is 11.1 Å². The number of pyridine rings is 1. The van der Waals surface area contributed by atoms with E-state index in [2.05, 4.69) is 37.0 Å². The molecular weight excluding hydrogens is 210 g/mol. The van der Waals surface area contributed by atoms with Crippen LogP contribution in [0.25, 0.3) is 22.2 Å². The zero-order valence-corrected chi connectivity index (χ0v) is 9.90. The van der Waals surface area contributed by atoms with Crippen molar-refractivity contribution in [2.75, 3.05) is 0 Å². The van der Waals surface area contributed by atoms with Gasteiger partial charge in [0.05, 0.1) is 12.0 Å². The second-order valence-electron chi connectivity index (χ2n) is 4.37. The number of fused-ring (bicyclic) bond motifs is 1. The molecule has 17 heavy (non-hydrogen) atoms. The van der Waals surface area contributed by atoms with E-state index >= 15 is 0 Å². The van der Waals surface area contributed by atoms with Crippen molar-refractivity contribution in [3.8, 4) is 11.3 Å². The highest BCUT2D eigenvalue weighted by atomic mass is 16.3. The highest BCUT2D eigenvalue weighted by Crippen LogP contribution is 2.28. The first-order valence-corrected chi connectivity index (χ1v) is 5.65. The van der Waals surface area contributed by atoms with Crippen LogP contribution in [0, 0.1) is 13.8 Å². The van der Waals surface area contributed by atoms with Gasteiger partial charge in [-0.05, 0) is 38.1 Å². The first-order chi connectivity index (χ1) is 8.24. The summed E-state index contributed by atoms with van der Waals surface area (Å²) >= 11 is 0. The van der Waals surface area contributed by atoms with Crippen LogP contribution in [-0.2, 0) is 0 Å². The molecule has 84 valence electrons. The summed E-state index contributed by atoms with van der Waals surface area (Å²) in [4.78, 5) is 4.47. The Bertz CT molecular complexity index is 662. The first kappa shape index (κ1) is 10.1. The number of aromatic nitrogens is 1. The average Bonchev–Trinajstić information content (AvgIpc) is 2.75. The van der Waals surface area contributed by atoms with Gasteiger partial charge in [-0.2, -0.15) is 0 Å². The molecule has 1 aromatic carbocycles. The quantitative estimate of drug-likeness (QED) is 0.620. The highest BCUT2D eigenvalue weighted by molar-refractivity contribution is 5.91.